The number of aliphatic hydroxyl groups excluding tert-OH is 1. The van der Waals surface area contributed by atoms with Gasteiger partial charge in [0, 0.05) is 36.5 Å². The lowest BCUT2D eigenvalue weighted by Crippen LogP contribution is -2.32. The van der Waals surface area contributed by atoms with E-state index in [2.05, 4.69) is 49.2 Å². The van der Waals surface area contributed by atoms with Gasteiger partial charge in [0.05, 0.1) is 18.0 Å². The zero-order chi connectivity index (χ0) is 17.6. The molecule has 3 aromatic rings. The van der Waals surface area contributed by atoms with Crippen molar-refractivity contribution in [2.24, 2.45) is 0 Å². The van der Waals surface area contributed by atoms with Crippen LogP contribution < -0.4 is 0 Å². The molecule has 1 aromatic heterocycles. The molecule has 0 saturated carbocycles. The first kappa shape index (κ1) is 17.4. The lowest BCUT2D eigenvalue weighted by atomic mass is 10.1. The quantitative estimate of drug-likeness (QED) is 0.715. The number of hydrogen-bond donors (Lipinski definition) is 1. The van der Waals surface area contributed by atoms with E-state index in [0.717, 1.165) is 29.1 Å². The second-order valence-corrected chi connectivity index (χ2v) is 6.44. The van der Waals surface area contributed by atoms with Gasteiger partial charge in [0.1, 0.15) is 0 Å². The molecule has 0 saturated heterocycles. The molecule has 0 spiro atoms. The highest BCUT2D eigenvalue weighted by molar-refractivity contribution is 5.63. The summed E-state index contributed by atoms with van der Waals surface area (Å²) in [4.78, 5) is 2.26. The number of nitrogens with zero attached hydrogens (tertiary/aromatic N) is 3. The molecule has 0 aliphatic carbocycles. The van der Waals surface area contributed by atoms with Crippen LogP contribution in [0.25, 0.3) is 16.9 Å². The fourth-order valence-electron chi connectivity index (χ4n) is 2.94. The van der Waals surface area contributed by atoms with Gasteiger partial charge in [-0.3, -0.25) is 4.90 Å². The molecule has 0 atom stereocenters. The monoisotopic (exact) mass is 335 g/mol. The van der Waals surface area contributed by atoms with E-state index in [1.807, 2.05) is 41.1 Å². The van der Waals surface area contributed by atoms with Crippen LogP contribution in [0.1, 0.15) is 19.4 Å². The Morgan fingerprint density at radius 1 is 1.00 bits per heavy atom. The van der Waals surface area contributed by atoms with Crippen molar-refractivity contribution < 1.29 is 5.11 Å². The summed E-state index contributed by atoms with van der Waals surface area (Å²) < 4.78 is 1.94. The average molecular weight is 335 g/mol. The lowest BCUT2D eigenvalue weighted by Gasteiger charge is -2.25. The van der Waals surface area contributed by atoms with Gasteiger partial charge >= 0.3 is 0 Å². The highest BCUT2D eigenvalue weighted by Gasteiger charge is 2.17. The minimum atomic E-state index is 0.158. The van der Waals surface area contributed by atoms with Crippen molar-refractivity contribution in [3.8, 4) is 16.9 Å². The van der Waals surface area contributed by atoms with E-state index >= 15 is 0 Å². The summed E-state index contributed by atoms with van der Waals surface area (Å²) in [6.07, 6.45) is 2.10. The molecule has 0 unspecified atom stereocenters. The maximum absolute atomic E-state index is 9.37. The molecule has 3 rings (SSSR count). The van der Waals surface area contributed by atoms with Gasteiger partial charge in [-0.2, -0.15) is 5.10 Å². The van der Waals surface area contributed by atoms with Crippen molar-refractivity contribution in [3.63, 3.8) is 0 Å². The highest BCUT2D eigenvalue weighted by Crippen LogP contribution is 2.25. The molecule has 1 N–H and O–H groups in total. The maximum Gasteiger partial charge on any atom is 0.0972 e. The normalized spacial score (nSPS) is 11.4. The molecule has 4 heteroatoms. The van der Waals surface area contributed by atoms with Gasteiger partial charge in [0.15, 0.2) is 0 Å². The summed E-state index contributed by atoms with van der Waals surface area (Å²) in [7, 11) is 0. The Kier molecular flexibility index (Phi) is 5.64. The zero-order valence-electron chi connectivity index (χ0n) is 14.8. The summed E-state index contributed by atoms with van der Waals surface area (Å²) >= 11 is 0. The fourth-order valence-corrected chi connectivity index (χ4v) is 2.94. The number of rotatable bonds is 7. The highest BCUT2D eigenvalue weighted by atomic mass is 16.3. The van der Waals surface area contributed by atoms with Crippen molar-refractivity contribution in [1.29, 1.82) is 0 Å². The van der Waals surface area contributed by atoms with Gasteiger partial charge in [-0.15, -0.1) is 0 Å². The number of benzene rings is 2. The van der Waals surface area contributed by atoms with Gasteiger partial charge < -0.3 is 5.11 Å². The van der Waals surface area contributed by atoms with Crippen molar-refractivity contribution in [2.75, 3.05) is 13.2 Å². The van der Waals surface area contributed by atoms with E-state index in [1.165, 1.54) is 0 Å². The smallest absolute Gasteiger partial charge is 0.0972 e. The number of para-hydroxylation sites is 1. The Balaban J connectivity index is 2.01. The Hall–Kier alpha value is -2.43. The van der Waals surface area contributed by atoms with E-state index in [0.29, 0.717) is 12.6 Å². The topological polar surface area (TPSA) is 41.3 Å². The maximum atomic E-state index is 9.37. The summed E-state index contributed by atoms with van der Waals surface area (Å²) in [5.41, 5.74) is 4.31. The third-order valence-electron chi connectivity index (χ3n) is 4.35. The first-order chi connectivity index (χ1) is 12.2. The first-order valence-electron chi connectivity index (χ1n) is 8.73. The Bertz CT molecular complexity index is 781. The molecule has 0 aliphatic heterocycles. The Morgan fingerprint density at radius 3 is 2.24 bits per heavy atom. The standard InChI is InChI=1S/C21H25N3O/c1-17(2)23(13-14-25)15-19-16-24(20-11-7-4-8-12-20)22-21(19)18-9-5-3-6-10-18/h3-12,16-17,25H,13-15H2,1-2H3. The third kappa shape index (κ3) is 4.16. The van der Waals surface area contributed by atoms with Crippen molar-refractivity contribution in [1.82, 2.24) is 14.7 Å². The predicted molar refractivity (Wildman–Crippen MR) is 102 cm³/mol. The van der Waals surface area contributed by atoms with Crippen LogP contribution in [0.3, 0.4) is 0 Å². The summed E-state index contributed by atoms with van der Waals surface area (Å²) in [6.45, 7) is 5.88. The second kappa shape index (κ2) is 8.10. The number of hydrogen-bond acceptors (Lipinski definition) is 3. The molecule has 130 valence electrons. The molecule has 0 radical (unpaired) electrons. The van der Waals surface area contributed by atoms with E-state index in [-0.39, 0.29) is 6.61 Å². The predicted octanol–water partition coefficient (Wildman–Crippen LogP) is 3.74. The number of aromatic nitrogens is 2. The zero-order valence-corrected chi connectivity index (χ0v) is 14.8. The molecule has 0 fully saturated rings. The molecule has 0 aliphatic rings. The molecular weight excluding hydrogens is 310 g/mol. The van der Waals surface area contributed by atoms with E-state index in [9.17, 15) is 5.11 Å². The van der Waals surface area contributed by atoms with Gasteiger partial charge in [-0.05, 0) is 26.0 Å². The van der Waals surface area contributed by atoms with Gasteiger partial charge in [-0.1, -0.05) is 48.5 Å². The Morgan fingerprint density at radius 2 is 1.64 bits per heavy atom. The molecule has 0 bridgehead atoms. The van der Waals surface area contributed by atoms with Crippen LogP contribution in [0.5, 0.6) is 0 Å². The minimum absolute atomic E-state index is 0.158. The van der Waals surface area contributed by atoms with E-state index in [4.69, 9.17) is 5.10 Å². The summed E-state index contributed by atoms with van der Waals surface area (Å²) in [5, 5.41) is 14.2. The minimum Gasteiger partial charge on any atom is -0.395 e. The molecule has 4 nitrogen and oxygen atoms in total. The molecule has 2 aromatic carbocycles. The van der Waals surface area contributed by atoms with Crippen LogP contribution in [0.2, 0.25) is 0 Å². The molecule has 1 heterocycles. The average Bonchev–Trinajstić information content (AvgIpc) is 3.07. The second-order valence-electron chi connectivity index (χ2n) is 6.44. The van der Waals surface area contributed by atoms with E-state index < -0.39 is 0 Å². The van der Waals surface area contributed by atoms with Crippen LogP contribution in [-0.4, -0.2) is 39.0 Å². The fraction of sp³-hybridized carbons (Fsp3) is 0.286. The van der Waals surface area contributed by atoms with Gasteiger partial charge in [-0.25, -0.2) is 4.68 Å². The van der Waals surface area contributed by atoms with Crippen LogP contribution in [0, 0.1) is 0 Å². The van der Waals surface area contributed by atoms with Gasteiger partial charge in [0.2, 0.25) is 0 Å². The SMILES string of the molecule is CC(C)N(CCO)Cc1cn(-c2ccccc2)nc1-c1ccccc1. The van der Waals surface area contributed by atoms with Crippen LogP contribution in [-0.2, 0) is 6.54 Å². The first-order valence-corrected chi connectivity index (χ1v) is 8.73. The van der Waals surface area contributed by atoms with Crippen molar-refractivity contribution in [2.45, 2.75) is 26.4 Å². The molecule has 0 amide bonds. The Labute approximate surface area is 149 Å². The third-order valence-corrected chi connectivity index (χ3v) is 4.35. The lowest BCUT2D eigenvalue weighted by molar-refractivity contribution is 0.159. The van der Waals surface area contributed by atoms with Gasteiger partial charge in [0.25, 0.3) is 0 Å². The van der Waals surface area contributed by atoms with Crippen LogP contribution in [0.15, 0.2) is 66.9 Å². The van der Waals surface area contributed by atoms with Crippen molar-refractivity contribution >= 4 is 0 Å². The van der Waals surface area contributed by atoms with Crippen LogP contribution in [0.4, 0.5) is 0 Å². The largest absolute Gasteiger partial charge is 0.395 e. The van der Waals surface area contributed by atoms with E-state index in [1.54, 1.807) is 0 Å². The molecule has 25 heavy (non-hydrogen) atoms. The van der Waals surface area contributed by atoms with Crippen molar-refractivity contribution in [3.05, 3.63) is 72.4 Å². The van der Waals surface area contributed by atoms with Crippen LogP contribution >= 0.6 is 0 Å². The molecular formula is C21H25N3O. The number of aliphatic hydroxyl groups is 1. The summed E-state index contributed by atoms with van der Waals surface area (Å²) in [5.74, 6) is 0. The summed E-state index contributed by atoms with van der Waals surface area (Å²) in [6, 6.07) is 20.8.